The summed E-state index contributed by atoms with van der Waals surface area (Å²) >= 11 is 0. The second kappa shape index (κ2) is 6.16. The molecule has 1 atom stereocenters. The highest BCUT2D eigenvalue weighted by molar-refractivity contribution is 6.11. The molecule has 0 bridgehead atoms. The average Bonchev–Trinajstić information content (AvgIpc) is 3.41. The van der Waals surface area contributed by atoms with Gasteiger partial charge in [-0.1, -0.05) is 12.1 Å². The monoisotopic (exact) mass is 365 g/mol. The number of carbonyl (C=O) groups excluding carboxylic acids is 3. The molecule has 3 aromatic rings. The number of aromatic amines is 1. The lowest BCUT2D eigenvalue weighted by Gasteiger charge is -2.22. The Hall–Kier alpha value is -3.82. The van der Waals surface area contributed by atoms with Crippen molar-refractivity contribution in [3.8, 4) is 5.69 Å². The molecule has 0 spiro atoms. The van der Waals surface area contributed by atoms with Crippen LogP contribution in [0.25, 0.3) is 5.69 Å². The fourth-order valence-electron chi connectivity index (χ4n) is 3.01. The smallest absolute Gasteiger partial charge is 0.325 e. The summed E-state index contributed by atoms with van der Waals surface area (Å²) in [5.74, 6) is -0.850. The largest absolute Gasteiger partial charge is 0.359 e. The Morgan fingerprint density at radius 1 is 1.22 bits per heavy atom. The summed E-state index contributed by atoms with van der Waals surface area (Å²) in [4.78, 5) is 41.3. The third-order valence-corrected chi connectivity index (χ3v) is 4.51. The quantitative estimate of drug-likeness (QED) is 0.505. The summed E-state index contributed by atoms with van der Waals surface area (Å²) < 4.78 is 1.45. The number of benzene rings is 1. The van der Waals surface area contributed by atoms with Crippen LogP contribution in [0, 0.1) is 0 Å². The van der Waals surface area contributed by atoms with E-state index in [1.807, 2.05) is 0 Å². The molecule has 3 amide bonds. The van der Waals surface area contributed by atoms with Crippen molar-refractivity contribution in [1.82, 2.24) is 35.4 Å². The Morgan fingerprint density at radius 2 is 2.07 bits per heavy atom. The molecular formula is C17H15N7O3. The van der Waals surface area contributed by atoms with Crippen LogP contribution >= 0.6 is 0 Å². The van der Waals surface area contributed by atoms with E-state index < -0.39 is 17.5 Å². The van der Waals surface area contributed by atoms with Gasteiger partial charge in [0.1, 0.15) is 11.9 Å². The van der Waals surface area contributed by atoms with Gasteiger partial charge in [0.25, 0.3) is 5.91 Å². The van der Waals surface area contributed by atoms with Crippen molar-refractivity contribution in [1.29, 1.82) is 0 Å². The lowest BCUT2D eigenvalue weighted by molar-refractivity contribution is -0.130. The van der Waals surface area contributed by atoms with Crippen molar-refractivity contribution in [2.45, 2.75) is 12.5 Å². The topological polar surface area (TPSA) is 126 Å². The number of nitrogens with one attached hydrogen (secondary N) is 2. The number of nitrogens with zero attached hydrogens (tertiary/aromatic N) is 5. The summed E-state index contributed by atoms with van der Waals surface area (Å²) in [5.41, 5.74) is 0.243. The van der Waals surface area contributed by atoms with E-state index in [9.17, 15) is 14.4 Å². The highest BCUT2D eigenvalue weighted by Gasteiger charge is 2.49. The van der Waals surface area contributed by atoms with E-state index in [0.29, 0.717) is 16.9 Å². The molecule has 0 radical (unpaired) electrons. The second-order valence-corrected chi connectivity index (χ2v) is 6.26. The Morgan fingerprint density at radius 3 is 2.78 bits per heavy atom. The third-order valence-electron chi connectivity index (χ3n) is 4.51. The van der Waals surface area contributed by atoms with Crippen LogP contribution in [-0.4, -0.2) is 54.4 Å². The zero-order valence-corrected chi connectivity index (χ0v) is 14.3. The second-order valence-electron chi connectivity index (χ2n) is 6.26. The molecule has 2 N–H and O–H groups in total. The molecule has 1 aliphatic heterocycles. The molecule has 1 saturated heterocycles. The highest BCUT2D eigenvalue weighted by Crippen LogP contribution is 2.30. The fourth-order valence-corrected chi connectivity index (χ4v) is 3.01. The SMILES string of the molecule is CC1(c2cccc(-n3cnnn3)c2)NC(=O)N(CC(=O)c2ccc[nH]2)C1=O. The van der Waals surface area contributed by atoms with Gasteiger partial charge in [-0.2, -0.15) is 0 Å². The zero-order chi connectivity index (χ0) is 19.0. The molecule has 1 aliphatic rings. The number of rotatable bonds is 5. The molecule has 27 heavy (non-hydrogen) atoms. The molecule has 10 nitrogen and oxygen atoms in total. The van der Waals surface area contributed by atoms with E-state index in [1.54, 1.807) is 49.5 Å². The van der Waals surface area contributed by atoms with Crippen molar-refractivity contribution in [2.75, 3.05) is 6.54 Å². The molecule has 1 unspecified atom stereocenters. The highest BCUT2D eigenvalue weighted by atomic mass is 16.2. The van der Waals surface area contributed by atoms with Crippen molar-refractivity contribution in [3.63, 3.8) is 0 Å². The number of amides is 3. The first-order valence-corrected chi connectivity index (χ1v) is 8.13. The number of hydrogen-bond donors (Lipinski definition) is 2. The molecule has 4 rings (SSSR count). The van der Waals surface area contributed by atoms with E-state index in [2.05, 4.69) is 25.8 Å². The van der Waals surface area contributed by atoms with Gasteiger partial charge in [0.05, 0.1) is 17.9 Å². The molecule has 3 heterocycles. The number of urea groups is 1. The maximum atomic E-state index is 13.0. The van der Waals surface area contributed by atoms with Gasteiger partial charge >= 0.3 is 6.03 Å². The predicted octanol–water partition coefficient (Wildman–Crippen LogP) is 0.640. The van der Waals surface area contributed by atoms with Crippen LogP contribution in [0.3, 0.4) is 0 Å². The van der Waals surface area contributed by atoms with E-state index in [1.165, 1.54) is 11.0 Å². The summed E-state index contributed by atoms with van der Waals surface area (Å²) in [6, 6.07) is 9.60. The number of Topliss-reactive ketones (excluding diaryl/α,β-unsaturated/α-hetero) is 1. The minimum Gasteiger partial charge on any atom is -0.359 e. The molecule has 136 valence electrons. The maximum Gasteiger partial charge on any atom is 0.325 e. The van der Waals surface area contributed by atoms with Crippen LogP contribution in [0.2, 0.25) is 0 Å². The van der Waals surface area contributed by atoms with Crippen LogP contribution in [0.15, 0.2) is 48.9 Å². The van der Waals surface area contributed by atoms with Gasteiger partial charge in [-0.05, 0) is 47.2 Å². The van der Waals surface area contributed by atoms with Crippen LogP contribution in [-0.2, 0) is 10.3 Å². The number of hydrogen-bond acceptors (Lipinski definition) is 6. The average molecular weight is 365 g/mol. The lowest BCUT2D eigenvalue weighted by Crippen LogP contribution is -2.41. The number of imide groups is 1. The Balaban J connectivity index is 1.62. The summed E-state index contributed by atoms with van der Waals surface area (Å²) in [7, 11) is 0. The molecule has 0 saturated carbocycles. The Bertz CT molecular complexity index is 1010. The Labute approximate surface area is 153 Å². The lowest BCUT2D eigenvalue weighted by atomic mass is 9.91. The van der Waals surface area contributed by atoms with Gasteiger partial charge in [-0.15, -0.1) is 5.10 Å². The predicted molar refractivity (Wildman–Crippen MR) is 91.9 cm³/mol. The van der Waals surface area contributed by atoms with E-state index in [-0.39, 0.29) is 12.3 Å². The number of H-pyrrole nitrogens is 1. The maximum absolute atomic E-state index is 13.0. The van der Waals surface area contributed by atoms with E-state index >= 15 is 0 Å². The van der Waals surface area contributed by atoms with Crippen LogP contribution < -0.4 is 5.32 Å². The van der Waals surface area contributed by atoms with E-state index in [4.69, 9.17) is 0 Å². The first-order valence-electron chi connectivity index (χ1n) is 8.13. The third kappa shape index (κ3) is 2.76. The van der Waals surface area contributed by atoms with Crippen molar-refractivity contribution in [3.05, 3.63) is 60.2 Å². The first kappa shape index (κ1) is 16.6. The van der Waals surface area contributed by atoms with Crippen molar-refractivity contribution < 1.29 is 14.4 Å². The number of tetrazole rings is 1. The van der Waals surface area contributed by atoms with Crippen molar-refractivity contribution in [2.24, 2.45) is 0 Å². The molecule has 1 fully saturated rings. The van der Waals surface area contributed by atoms with Gasteiger partial charge in [0.15, 0.2) is 5.78 Å². The van der Waals surface area contributed by atoms with Crippen LogP contribution in [0.5, 0.6) is 0 Å². The van der Waals surface area contributed by atoms with Crippen LogP contribution in [0.4, 0.5) is 4.79 Å². The first-order chi connectivity index (χ1) is 13.0. The van der Waals surface area contributed by atoms with Gasteiger partial charge in [0.2, 0.25) is 0 Å². The molecule has 1 aromatic carbocycles. The molecular weight excluding hydrogens is 350 g/mol. The normalized spacial score (nSPS) is 19.4. The van der Waals surface area contributed by atoms with Gasteiger partial charge in [0, 0.05) is 6.20 Å². The molecule has 0 aliphatic carbocycles. The van der Waals surface area contributed by atoms with Crippen molar-refractivity contribution >= 4 is 17.7 Å². The standard InChI is InChI=1S/C17H15N7O3/c1-17(11-4-2-5-12(8-11)24-10-19-21-22-24)15(26)23(16(27)20-17)9-14(25)13-6-3-7-18-13/h2-8,10,18H,9H2,1H3,(H,20,27). The number of carbonyl (C=O) groups is 3. The van der Waals surface area contributed by atoms with Gasteiger partial charge < -0.3 is 10.3 Å². The minimum absolute atomic E-state index is 0.338. The summed E-state index contributed by atoms with van der Waals surface area (Å²) in [6.07, 6.45) is 3.03. The Kier molecular flexibility index (Phi) is 3.80. The molecule has 10 heteroatoms. The molecule has 2 aromatic heterocycles. The number of ketones is 1. The van der Waals surface area contributed by atoms with Crippen LogP contribution in [0.1, 0.15) is 23.0 Å². The number of aromatic nitrogens is 5. The van der Waals surface area contributed by atoms with Gasteiger partial charge in [-0.25, -0.2) is 9.48 Å². The minimum atomic E-state index is -1.29. The van der Waals surface area contributed by atoms with Gasteiger partial charge in [-0.3, -0.25) is 14.5 Å². The fraction of sp³-hybridized carbons (Fsp3) is 0.176. The van der Waals surface area contributed by atoms with E-state index in [0.717, 1.165) is 4.90 Å². The summed E-state index contributed by atoms with van der Waals surface area (Å²) in [5, 5.41) is 13.7. The zero-order valence-electron chi connectivity index (χ0n) is 14.3. The summed E-state index contributed by atoms with van der Waals surface area (Å²) in [6.45, 7) is 1.26.